The molecule has 252 valence electrons. The Morgan fingerprint density at radius 2 is 0.911 bits per heavy atom. The molecular weight excluding hydrogens is 590 g/mol. The monoisotopic (exact) mass is 638 g/mol. The second-order valence-corrected chi connectivity index (χ2v) is 10.9. The Hall–Kier alpha value is -3.64. The fourth-order valence-corrected chi connectivity index (χ4v) is 5.13. The molecule has 0 aliphatic carbocycles. The van der Waals surface area contributed by atoms with Crippen molar-refractivity contribution in [3.05, 3.63) is 34.4 Å². The predicted octanol–water partition coefficient (Wildman–Crippen LogP) is -0.911. The zero-order valence-corrected chi connectivity index (χ0v) is 25.5. The van der Waals surface area contributed by atoms with Gasteiger partial charge in [0.05, 0.1) is 16.7 Å². The van der Waals surface area contributed by atoms with Crippen molar-refractivity contribution in [2.24, 2.45) is 34.4 Å². The average molecular weight is 639 g/mol. The first-order valence-electron chi connectivity index (χ1n) is 15.0. The third-order valence-corrected chi connectivity index (χ3v) is 7.64. The number of aromatic carboxylic acids is 3. The van der Waals surface area contributed by atoms with Crippen LogP contribution in [-0.2, 0) is 20.8 Å². The minimum atomic E-state index is -1.66. The number of benzene rings is 1. The molecule has 0 saturated heterocycles. The van der Waals surface area contributed by atoms with Gasteiger partial charge in [0.15, 0.2) is 0 Å². The lowest BCUT2D eigenvalue weighted by Crippen LogP contribution is -2.72. The number of carboxylic acids is 3. The number of carboxylic acid groups (broad SMARTS) is 3. The van der Waals surface area contributed by atoms with Crippen LogP contribution < -0.4 is 34.4 Å². The number of unbranched alkanes of at least 4 members (excludes halogenated alkanes) is 3. The van der Waals surface area contributed by atoms with Crippen LogP contribution in [0.15, 0.2) is 12.1 Å². The minimum Gasteiger partial charge on any atom is -0.478 e. The molecule has 16 heteroatoms. The molecule has 45 heavy (non-hydrogen) atoms. The molecule has 0 aromatic heterocycles. The van der Waals surface area contributed by atoms with Gasteiger partial charge in [0.25, 0.3) is 0 Å². The fourth-order valence-electron chi connectivity index (χ4n) is 5.13. The first-order valence-corrected chi connectivity index (χ1v) is 15.0. The summed E-state index contributed by atoms with van der Waals surface area (Å²) in [5, 5.41) is 29.2. The van der Waals surface area contributed by atoms with Crippen LogP contribution >= 0.6 is 0 Å². The maximum atomic E-state index is 14.2. The second kappa shape index (κ2) is 19.0. The Morgan fingerprint density at radius 1 is 0.578 bits per heavy atom. The molecule has 0 aliphatic heterocycles. The Labute approximate surface area is 261 Å². The van der Waals surface area contributed by atoms with Crippen molar-refractivity contribution in [3.8, 4) is 0 Å². The number of carbonyl (C=O) groups excluding carboxylic acids is 3. The number of quaternary nitrogens is 1. The lowest BCUT2D eigenvalue weighted by atomic mass is 9.93. The van der Waals surface area contributed by atoms with Crippen molar-refractivity contribution < 1.29 is 48.6 Å². The van der Waals surface area contributed by atoms with Crippen molar-refractivity contribution in [1.82, 2.24) is 0 Å². The quantitative estimate of drug-likeness (QED) is 0.0581. The van der Waals surface area contributed by atoms with Crippen LogP contribution in [0.3, 0.4) is 0 Å². The zero-order chi connectivity index (χ0) is 34.3. The summed E-state index contributed by atoms with van der Waals surface area (Å²) in [6.07, 6.45) is 2.19. The number of imide groups is 3. The molecule has 0 fully saturated rings. The summed E-state index contributed by atoms with van der Waals surface area (Å²) in [7, 11) is 0. The van der Waals surface area contributed by atoms with Gasteiger partial charge in [-0.1, -0.05) is 0 Å². The topological polar surface area (TPSA) is 319 Å². The molecule has 0 bridgehead atoms. The van der Waals surface area contributed by atoms with Crippen LogP contribution in [0.5, 0.6) is 0 Å². The van der Waals surface area contributed by atoms with Gasteiger partial charge in [0.1, 0.15) is 24.7 Å². The van der Waals surface area contributed by atoms with E-state index in [9.17, 15) is 44.1 Å². The number of nitrogens with zero attached hydrogens (tertiary/aromatic N) is 1. The van der Waals surface area contributed by atoms with Crippen LogP contribution in [0.2, 0.25) is 0 Å². The van der Waals surface area contributed by atoms with E-state index in [0.717, 1.165) is 12.1 Å². The Bertz CT molecular complexity index is 1120. The lowest BCUT2D eigenvalue weighted by Gasteiger charge is -2.36. The number of carbonyl (C=O) groups is 6. The van der Waals surface area contributed by atoms with Crippen molar-refractivity contribution in [2.45, 2.75) is 82.3 Å². The number of nitrogens with two attached hydrogens (primary N) is 6. The zero-order valence-electron chi connectivity index (χ0n) is 25.5. The molecule has 0 aliphatic rings. The highest BCUT2D eigenvalue weighted by Gasteiger charge is 2.56. The van der Waals surface area contributed by atoms with Crippen molar-refractivity contribution >= 4 is 35.6 Å². The predicted molar refractivity (Wildman–Crippen MR) is 164 cm³/mol. The molecule has 3 atom stereocenters. The normalized spacial score (nSPS) is 13.6. The fraction of sp³-hybridized carbons (Fsp3) is 0.586. The van der Waals surface area contributed by atoms with Gasteiger partial charge >= 0.3 is 35.6 Å². The van der Waals surface area contributed by atoms with Crippen molar-refractivity contribution in [1.29, 1.82) is 0 Å². The first-order chi connectivity index (χ1) is 21.2. The van der Waals surface area contributed by atoms with Crippen LogP contribution in [0.4, 0.5) is 0 Å². The number of amides is 3. The molecule has 1 rings (SSSR count). The highest BCUT2D eigenvalue weighted by Crippen LogP contribution is 2.26. The van der Waals surface area contributed by atoms with Gasteiger partial charge in [-0.2, -0.15) is 0 Å². The van der Waals surface area contributed by atoms with Crippen LogP contribution in [0, 0.1) is 0 Å². The van der Waals surface area contributed by atoms with Gasteiger partial charge in [0.2, 0.25) is 0 Å². The summed E-state index contributed by atoms with van der Waals surface area (Å²) in [5.74, 6) is -7.97. The third kappa shape index (κ3) is 10.5. The number of rotatable bonds is 21. The van der Waals surface area contributed by atoms with E-state index in [1.807, 2.05) is 0 Å². The maximum Gasteiger partial charge on any atom is 0.345 e. The summed E-state index contributed by atoms with van der Waals surface area (Å²) in [6, 6.07) is -2.54. The summed E-state index contributed by atoms with van der Waals surface area (Å²) >= 11 is 0. The highest BCUT2D eigenvalue weighted by atomic mass is 16.4. The van der Waals surface area contributed by atoms with E-state index < -0.39 is 93.5 Å². The first kappa shape index (κ1) is 39.4. The van der Waals surface area contributed by atoms with Gasteiger partial charge in [-0.25, -0.2) is 28.8 Å². The largest absolute Gasteiger partial charge is 0.478 e. The van der Waals surface area contributed by atoms with E-state index >= 15 is 0 Å². The summed E-state index contributed by atoms with van der Waals surface area (Å²) in [4.78, 5) is 78.6. The summed E-state index contributed by atoms with van der Waals surface area (Å²) < 4.78 is -1.59. The lowest BCUT2D eigenvalue weighted by molar-refractivity contribution is -0.705. The molecule has 15 N–H and O–H groups in total. The van der Waals surface area contributed by atoms with E-state index in [2.05, 4.69) is 0 Å². The van der Waals surface area contributed by atoms with Gasteiger partial charge in [-0.05, 0) is 95.1 Å². The standard InChI is InChI=1S/C29H47N7O9/c30-11-4-1-7-21(33)24(37)36(25(38)22(34)8-2-5-12-31,26(39)23(35)9-3-6-13-32)14-10-18-19(28(42)43)15-17(27(40)41)16-20(18)29(44)45/h15-16,21-23H,1-14,30-35H2,(H2-,40,41,42,43,44,45)/p+1/t21-,22-,23-/m0/s1. The third-order valence-electron chi connectivity index (χ3n) is 7.64. The van der Waals surface area contributed by atoms with E-state index in [4.69, 9.17) is 34.4 Å². The van der Waals surface area contributed by atoms with Gasteiger partial charge in [0, 0.05) is 6.42 Å². The molecule has 0 heterocycles. The number of hydrogen-bond acceptors (Lipinski definition) is 12. The van der Waals surface area contributed by atoms with Crippen LogP contribution in [-0.4, -0.2) is 99.7 Å². The molecule has 1 aromatic carbocycles. The molecule has 3 amide bonds. The highest BCUT2D eigenvalue weighted by molar-refractivity contribution is 6.03. The minimum absolute atomic E-state index is 0.0511. The van der Waals surface area contributed by atoms with Gasteiger partial charge < -0.3 is 49.7 Å². The Morgan fingerprint density at radius 3 is 1.18 bits per heavy atom. The molecule has 0 saturated carbocycles. The van der Waals surface area contributed by atoms with Gasteiger partial charge in [-0.3, -0.25) is 0 Å². The SMILES string of the molecule is NCCCC[C@H](N)C(=O)[N+](CCc1c(C(=O)O)cc(C(=O)O)cc1C(=O)O)(C(=O)[C@@H](N)CCCCN)C(=O)[C@@H](N)CCCCN. The van der Waals surface area contributed by atoms with Gasteiger partial charge in [-0.15, -0.1) is 4.48 Å². The molecule has 0 unspecified atom stereocenters. The van der Waals surface area contributed by atoms with Crippen LogP contribution in [0.1, 0.15) is 94.4 Å². The average Bonchev–Trinajstić information content (AvgIpc) is 3.00. The van der Waals surface area contributed by atoms with Crippen molar-refractivity contribution in [2.75, 3.05) is 26.2 Å². The Balaban J connectivity index is 3.94. The van der Waals surface area contributed by atoms with E-state index in [1.165, 1.54) is 0 Å². The number of hydrogen-bond donors (Lipinski definition) is 9. The molecular formula is C29H48N7O9+. The smallest absolute Gasteiger partial charge is 0.345 e. The van der Waals surface area contributed by atoms with E-state index in [0.29, 0.717) is 58.2 Å². The van der Waals surface area contributed by atoms with E-state index in [1.54, 1.807) is 0 Å². The Kier molecular flexibility index (Phi) is 16.6. The molecule has 0 spiro atoms. The molecule has 0 radical (unpaired) electrons. The van der Waals surface area contributed by atoms with Crippen molar-refractivity contribution in [3.63, 3.8) is 0 Å². The summed E-state index contributed by atoms with van der Waals surface area (Å²) in [6.45, 7) is 0.153. The maximum absolute atomic E-state index is 14.2. The molecule has 1 aromatic rings. The summed E-state index contributed by atoms with van der Waals surface area (Å²) in [5.41, 5.74) is 33.1. The van der Waals surface area contributed by atoms with Crippen LogP contribution in [0.25, 0.3) is 0 Å². The molecule has 16 nitrogen and oxygen atoms in total. The van der Waals surface area contributed by atoms with E-state index in [-0.39, 0.29) is 19.3 Å². The second-order valence-electron chi connectivity index (χ2n) is 10.9.